The molecule has 1 aliphatic heterocycles. The van der Waals surface area contributed by atoms with E-state index in [1.165, 1.54) is 5.56 Å². The second-order valence-electron chi connectivity index (χ2n) is 6.92. The number of rotatable bonds is 10. The van der Waals surface area contributed by atoms with Gasteiger partial charge in [-0.3, -0.25) is 4.99 Å². The fourth-order valence-corrected chi connectivity index (χ4v) is 3.13. The third kappa shape index (κ3) is 6.94. The van der Waals surface area contributed by atoms with Crippen LogP contribution in [-0.2, 0) is 11.2 Å². The maximum atomic E-state index is 5.82. The standard InChI is InChI=1S/C21H35N3O3/c1-5-22-20(24-16-21(4)12-8-14-27-21)23-13-11-17-9-10-18(25-6-2)19(15-17)26-7-3/h9-10,15H,5-8,11-14,16H2,1-4H3,(H2,22,23,24). The summed E-state index contributed by atoms with van der Waals surface area (Å²) in [5.74, 6) is 2.45. The van der Waals surface area contributed by atoms with Crippen molar-refractivity contribution < 1.29 is 14.2 Å². The van der Waals surface area contributed by atoms with E-state index in [9.17, 15) is 0 Å². The largest absolute Gasteiger partial charge is 0.490 e. The molecule has 0 aliphatic carbocycles. The highest BCUT2D eigenvalue weighted by Crippen LogP contribution is 2.28. The van der Waals surface area contributed by atoms with Gasteiger partial charge in [0.25, 0.3) is 0 Å². The first-order valence-electron chi connectivity index (χ1n) is 10.1. The summed E-state index contributed by atoms with van der Waals surface area (Å²) in [4.78, 5) is 4.71. The van der Waals surface area contributed by atoms with Crippen molar-refractivity contribution in [3.8, 4) is 11.5 Å². The van der Waals surface area contributed by atoms with E-state index in [0.717, 1.165) is 56.4 Å². The molecule has 0 bridgehead atoms. The minimum atomic E-state index is -0.121. The molecular weight excluding hydrogens is 342 g/mol. The lowest BCUT2D eigenvalue weighted by Gasteiger charge is -2.21. The molecule has 1 saturated heterocycles. The van der Waals surface area contributed by atoms with E-state index in [4.69, 9.17) is 19.2 Å². The van der Waals surface area contributed by atoms with Gasteiger partial charge in [-0.2, -0.15) is 0 Å². The summed E-state index contributed by atoms with van der Waals surface area (Å²) in [5, 5.41) is 6.72. The number of hydrogen-bond donors (Lipinski definition) is 2. The lowest BCUT2D eigenvalue weighted by atomic mass is 10.0. The molecule has 0 radical (unpaired) electrons. The van der Waals surface area contributed by atoms with Gasteiger partial charge in [-0.1, -0.05) is 6.07 Å². The van der Waals surface area contributed by atoms with E-state index in [1.54, 1.807) is 0 Å². The Kier molecular flexibility index (Phi) is 8.72. The number of nitrogens with zero attached hydrogens (tertiary/aromatic N) is 1. The number of aliphatic imine (C=N–C) groups is 1. The number of benzene rings is 1. The van der Waals surface area contributed by atoms with Crippen LogP contribution in [0.5, 0.6) is 11.5 Å². The zero-order chi connectivity index (χ0) is 19.5. The van der Waals surface area contributed by atoms with Crippen LogP contribution >= 0.6 is 0 Å². The lowest BCUT2D eigenvalue weighted by molar-refractivity contribution is 0.0283. The molecule has 1 atom stereocenters. The molecular formula is C21H35N3O3. The van der Waals surface area contributed by atoms with Crippen LogP contribution in [-0.4, -0.2) is 51.0 Å². The van der Waals surface area contributed by atoms with Crippen LogP contribution in [0.4, 0.5) is 0 Å². The molecule has 1 fully saturated rings. The molecule has 1 aromatic rings. The minimum Gasteiger partial charge on any atom is -0.490 e. The highest BCUT2D eigenvalue weighted by molar-refractivity contribution is 5.79. The molecule has 0 spiro atoms. The maximum absolute atomic E-state index is 5.82. The normalized spacial score (nSPS) is 19.8. The van der Waals surface area contributed by atoms with Gasteiger partial charge in [0.05, 0.1) is 25.4 Å². The Hall–Kier alpha value is -1.95. The second-order valence-corrected chi connectivity index (χ2v) is 6.92. The molecule has 0 aromatic heterocycles. The molecule has 1 aromatic carbocycles. The van der Waals surface area contributed by atoms with E-state index < -0.39 is 0 Å². The Bertz CT molecular complexity index is 598. The van der Waals surface area contributed by atoms with Crippen molar-refractivity contribution in [2.24, 2.45) is 4.99 Å². The minimum absolute atomic E-state index is 0.121. The Morgan fingerprint density at radius 1 is 1.15 bits per heavy atom. The quantitative estimate of drug-likeness (QED) is 0.484. The molecule has 2 N–H and O–H groups in total. The zero-order valence-electron chi connectivity index (χ0n) is 17.3. The van der Waals surface area contributed by atoms with Crippen LogP contribution < -0.4 is 20.1 Å². The third-order valence-electron chi connectivity index (χ3n) is 4.53. The summed E-state index contributed by atoms with van der Waals surface area (Å²) < 4.78 is 17.2. The maximum Gasteiger partial charge on any atom is 0.191 e. The summed E-state index contributed by atoms with van der Waals surface area (Å²) in [6, 6.07) is 6.14. The van der Waals surface area contributed by atoms with Crippen molar-refractivity contribution in [1.82, 2.24) is 10.6 Å². The average molecular weight is 378 g/mol. The first-order chi connectivity index (χ1) is 13.1. The van der Waals surface area contributed by atoms with Crippen LogP contribution in [0.1, 0.15) is 46.1 Å². The van der Waals surface area contributed by atoms with Gasteiger partial charge in [0.15, 0.2) is 17.5 Å². The fraction of sp³-hybridized carbons (Fsp3) is 0.667. The van der Waals surface area contributed by atoms with Crippen molar-refractivity contribution in [1.29, 1.82) is 0 Å². The van der Waals surface area contributed by atoms with Gasteiger partial charge < -0.3 is 24.8 Å². The van der Waals surface area contributed by atoms with Crippen molar-refractivity contribution in [2.45, 2.75) is 52.6 Å². The van der Waals surface area contributed by atoms with Gasteiger partial charge in [-0.15, -0.1) is 0 Å². The van der Waals surface area contributed by atoms with Crippen molar-refractivity contribution in [3.05, 3.63) is 23.8 Å². The summed E-state index contributed by atoms with van der Waals surface area (Å²) in [6.45, 7) is 12.6. The van der Waals surface area contributed by atoms with E-state index in [-0.39, 0.29) is 5.60 Å². The highest BCUT2D eigenvalue weighted by Gasteiger charge is 2.29. The Morgan fingerprint density at radius 2 is 1.93 bits per heavy atom. The van der Waals surface area contributed by atoms with Gasteiger partial charge in [0.1, 0.15) is 0 Å². The summed E-state index contributed by atoms with van der Waals surface area (Å²) in [6.07, 6.45) is 3.07. The number of guanidine groups is 1. The van der Waals surface area contributed by atoms with Gasteiger partial charge in [-0.25, -0.2) is 0 Å². The SMILES string of the molecule is CCNC(=NCC1(C)CCCO1)NCCc1ccc(OCC)c(OCC)c1. The monoisotopic (exact) mass is 377 g/mol. The van der Waals surface area contributed by atoms with Crippen LogP contribution in [0.15, 0.2) is 23.2 Å². The molecule has 0 saturated carbocycles. The smallest absolute Gasteiger partial charge is 0.191 e. The molecule has 27 heavy (non-hydrogen) atoms. The number of nitrogens with one attached hydrogen (secondary N) is 2. The van der Waals surface area contributed by atoms with Crippen molar-refractivity contribution >= 4 is 5.96 Å². The third-order valence-corrected chi connectivity index (χ3v) is 4.53. The van der Waals surface area contributed by atoms with Gasteiger partial charge in [0, 0.05) is 19.7 Å². The summed E-state index contributed by atoms with van der Waals surface area (Å²) in [5.41, 5.74) is 1.08. The molecule has 2 rings (SSSR count). The Labute approximate surface area is 163 Å². The highest BCUT2D eigenvalue weighted by atomic mass is 16.5. The van der Waals surface area contributed by atoms with E-state index in [0.29, 0.717) is 19.8 Å². The predicted molar refractivity (Wildman–Crippen MR) is 110 cm³/mol. The first-order valence-corrected chi connectivity index (χ1v) is 10.1. The Morgan fingerprint density at radius 3 is 2.59 bits per heavy atom. The number of hydrogen-bond acceptors (Lipinski definition) is 4. The topological polar surface area (TPSA) is 64.1 Å². The molecule has 1 heterocycles. The van der Waals surface area contributed by atoms with Crippen LogP contribution in [0.3, 0.4) is 0 Å². The lowest BCUT2D eigenvalue weighted by Crippen LogP contribution is -2.40. The molecule has 152 valence electrons. The fourth-order valence-electron chi connectivity index (χ4n) is 3.13. The summed E-state index contributed by atoms with van der Waals surface area (Å²) in [7, 11) is 0. The first kappa shape index (κ1) is 21.4. The molecule has 1 aliphatic rings. The van der Waals surface area contributed by atoms with Gasteiger partial charge in [-0.05, 0) is 64.7 Å². The number of ether oxygens (including phenoxy) is 3. The molecule has 1 unspecified atom stereocenters. The van der Waals surface area contributed by atoms with Crippen LogP contribution in [0.25, 0.3) is 0 Å². The average Bonchev–Trinajstić information content (AvgIpc) is 3.09. The van der Waals surface area contributed by atoms with Gasteiger partial charge >= 0.3 is 0 Å². The van der Waals surface area contributed by atoms with E-state index >= 15 is 0 Å². The van der Waals surface area contributed by atoms with Crippen LogP contribution in [0, 0.1) is 0 Å². The zero-order valence-corrected chi connectivity index (χ0v) is 17.3. The Balaban J connectivity index is 1.90. The van der Waals surface area contributed by atoms with E-state index in [2.05, 4.69) is 36.6 Å². The summed E-state index contributed by atoms with van der Waals surface area (Å²) >= 11 is 0. The molecule has 6 nitrogen and oxygen atoms in total. The molecule has 0 amide bonds. The van der Waals surface area contributed by atoms with E-state index in [1.807, 2.05) is 19.9 Å². The molecule has 6 heteroatoms. The second kappa shape index (κ2) is 11.0. The predicted octanol–water partition coefficient (Wildman–Crippen LogP) is 3.15. The van der Waals surface area contributed by atoms with Crippen molar-refractivity contribution in [3.63, 3.8) is 0 Å². The van der Waals surface area contributed by atoms with Crippen LogP contribution in [0.2, 0.25) is 0 Å². The van der Waals surface area contributed by atoms with Crippen molar-refractivity contribution in [2.75, 3.05) is 39.5 Å². The van der Waals surface area contributed by atoms with Gasteiger partial charge in [0.2, 0.25) is 0 Å².